The Hall–Kier alpha value is -0.300. The summed E-state index contributed by atoms with van der Waals surface area (Å²) in [7, 11) is 0. The highest BCUT2D eigenvalue weighted by Crippen LogP contribution is 2.50. The molecule has 0 spiro atoms. The normalized spacial score (nSPS) is 45.2. The standard InChI is InChI=1S/C11H18O/c1-7(2)5-10-8-3-4-9(6-8)11(10)12/h8-12H,1,3-6H2,2H3/t8-,9+,10+,11+/m1/s1. The van der Waals surface area contributed by atoms with Crippen molar-refractivity contribution < 1.29 is 5.11 Å². The first kappa shape index (κ1) is 8.31. The molecule has 0 aliphatic heterocycles. The molecule has 0 amide bonds. The van der Waals surface area contributed by atoms with Gasteiger partial charge in [0.2, 0.25) is 0 Å². The molecule has 0 aromatic carbocycles. The lowest BCUT2D eigenvalue weighted by atomic mass is 9.82. The van der Waals surface area contributed by atoms with Gasteiger partial charge in [0.15, 0.2) is 0 Å². The molecule has 2 bridgehead atoms. The first-order valence-electron chi connectivity index (χ1n) is 5.01. The molecule has 4 atom stereocenters. The van der Waals surface area contributed by atoms with E-state index in [1.807, 2.05) is 0 Å². The molecule has 0 aromatic rings. The fourth-order valence-electron chi connectivity index (χ4n) is 3.07. The molecule has 1 N–H and O–H groups in total. The number of aliphatic hydroxyl groups excluding tert-OH is 1. The SMILES string of the molecule is C=C(C)C[C@H]1[C@@H]2CC[C@@H](C2)[C@@H]1O. The van der Waals surface area contributed by atoms with Gasteiger partial charge in [-0.2, -0.15) is 0 Å². The van der Waals surface area contributed by atoms with Gasteiger partial charge in [-0.15, -0.1) is 6.58 Å². The highest BCUT2D eigenvalue weighted by molar-refractivity contribution is 5.02. The first-order valence-corrected chi connectivity index (χ1v) is 5.01. The van der Waals surface area contributed by atoms with Crippen molar-refractivity contribution in [1.82, 2.24) is 0 Å². The van der Waals surface area contributed by atoms with Crippen molar-refractivity contribution >= 4 is 0 Å². The zero-order valence-electron chi connectivity index (χ0n) is 7.79. The molecule has 1 heteroatoms. The van der Waals surface area contributed by atoms with Gasteiger partial charge in [-0.25, -0.2) is 0 Å². The minimum absolute atomic E-state index is 0.0135. The number of hydrogen-bond acceptors (Lipinski definition) is 1. The Bertz CT molecular complexity index is 195. The summed E-state index contributed by atoms with van der Waals surface area (Å²) in [5.41, 5.74) is 1.23. The van der Waals surface area contributed by atoms with Crippen LogP contribution in [-0.2, 0) is 0 Å². The van der Waals surface area contributed by atoms with E-state index in [-0.39, 0.29) is 6.10 Å². The van der Waals surface area contributed by atoms with E-state index in [0.717, 1.165) is 12.3 Å². The number of aliphatic hydroxyl groups is 1. The summed E-state index contributed by atoms with van der Waals surface area (Å²) in [5, 5.41) is 9.89. The summed E-state index contributed by atoms with van der Waals surface area (Å²) < 4.78 is 0. The molecule has 2 aliphatic rings. The molecule has 68 valence electrons. The van der Waals surface area contributed by atoms with Crippen molar-refractivity contribution in [3.8, 4) is 0 Å². The fraction of sp³-hybridized carbons (Fsp3) is 0.818. The third kappa shape index (κ3) is 1.20. The second-order valence-electron chi connectivity index (χ2n) is 4.65. The van der Waals surface area contributed by atoms with Crippen LogP contribution in [0.3, 0.4) is 0 Å². The van der Waals surface area contributed by atoms with E-state index in [9.17, 15) is 5.11 Å². The minimum atomic E-state index is -0.0135. The van der Waals surface area contributed by atoms with Crippen molar-refractivity contribution in [2.45, 2.75) is 38.7 Å². The molecule has 1 nitrogen and oxygen atoms in total. The van der Waals surface area contributed by atoms with Crippen LogP contribution in [0.15, 0.2) is 12.2 Å². The van der Waals surface area contributed by atoms with Gasteiger partial charge in [-0.05, 0) is 50.4 Å². The summed E-state index contributed by atoms with van der Waals surface area (Å²) in [6.07, 6.45) is 4.92. The van der Waals surface area contributed by atoms with E-state index < -0.39 is 0 Å². The molecular weight excluding hydrogens is 148 g/mol. The number of fused-ring (bicyclic) bond motifs is 2. The Balaban J connectivity index is 2.02. The lowest BCUT2D eigenvalue weighted by molar-refractivity contribution is 0.0591. The molecule has 2 aliphatic carbocycles. The van der Waals surface area contributed by atoms with Gasteiger partial charge in [0.1, 0.15) is 0 Å². The van der Waals surface area contributed by atoms with Gasteiger partial charge in [0.25, 0.3) is 0 Å². The van der Waals surface area contributed by atoms with E-state index in [1.165, 1.54) is 24.8 Å². The molecule has 0 saturated heterocycles. The zero-order chi connectivity index (χ0) is 8.72. The number of allylic oxidation sites excluding steroid dienone is 1. The predicted molar refractivity (Wildman–Crippen MR) is 49.8 cm³/mol. The third-order valence-corrected chi connectivity index (χ3v) is 3.63. The fourth-order valence-corrected chi connectivity index (χ4v) is 3.07. The van der Waals surface area contributed by atoms with E-state index >= 15 is 0 Å². The molecule has 2 rings (SSSR count). The molecule has 0 radical (unpaired) electrons. The molecule has 0 heterocycles. The smallest absolute Gasteiger partial charge is 0.0602 e. The first-order chi connectivity index (χ1) is 5.68. The Kier molecular flexibility index (Phi) is 1.99. The van der Waals surface area contributed by atoms with Crippen LogP contribution in [0.1, 0.15) is 32.6 Å². The third-order valence-electron chi connectivity index (χ3n) is 3.63. The zero-order valence-corrected chi connectivity index (χ0v) is 7.79. The summed E-state index contributed by atoms with van der Waals surface area (Å²) in [6.45, 7) is 5.99. The van der Waals surface area contributed by atoms with Crippen LogP contribution in [0.4, 0.5) is 0 Å². The molecule has 2 fully saturated rings. The van der Waals surface area contributed by atoms with Crippen molar-refractivity contribution in [3.05, 3.63) is 12.2 Å². The van der Waals surface area contributed by atoms with Crippen LogP contribution in [0.5, 0.6) is 0 Å². The largest absolute Gasteiger partial charge is 0.393 e. The average Bonchev–Trinajstić information content (AvgIpc) is 2.53. The lowest BCUT2D eigenvalue weighted by Gasteiger charge is -2.27. The average molecular weight is 166 g/mol. The van der Waals surface area contributed by atoms with Crippen molar-refractivity contribution in [2.75, 3.05) is 0 Å². The summed E-state index contributed by atoms with van der Waals surface area (Å²) in [5.74, 6) is 1.97. The summed E-state index contributed by atoms with van der Waals surface area (Å²) >= 11 is 0. The van der Waals surface area contributed by atoms with Crippen LogP contribution < -0.4 is 0 Å². The maximum absolute atomic E-state index is 9.89. The van der Waals surface area contributed by atoms with Crippen LogP contribution in [0.2, 0.25) is 0 Å². The lowest BCUT2D eigenvalue weighted by Crippen LogP contribution is -2.27. The van der Waals surface area contributed by atoms with Crippen molar-refractivity contribution in [2.24, 2.45) is 17.8 Å². The Morgan fingerprint density at radius 1 is 1.42 bits per heavy atom. The molecule has 2 saturated carbocycles. The molecule has 0 unspecified atom stereocenters. The van der Waals surface area contributed by atoms with E-state index in [2.05, 4.69) is 13.5 Å². The predicted octanol–water partition coefficient (Wildman–Crippen LogP) is 2.36. The van der Waals surface area contributed by atoms with Gasteiger partial charge < -0.3 is 5.11 Å². The van der Waals surface area contributed by atoms with Gasteiger partial charge in [-0.3, -0.25) is 0 Å². The van der Waals surface area contributed by atoms with Crippen LogP contribution in [0, 0.1) is 17.8 Å². The number of rotatable bonds is 2. The van der Waals surface area contributed by atoms with E-state index in [4.69, 9.17) is 0 Å². The maximum Gasteiger partial charge on any atom is 0.0602 e. The van der Waals surface area contributed by atoms with Crippen molar-refractivity contribution in [1.29, 1.82) is 0 Å². The molecule has 0 aromatic heterocycles. The number of hydrogen-bond donors (Lipinski definition) is 1. The Morgan fingerprint density at radius 3 is 2.58 bits per heavy atom. The molecular formula is C11H18O. The van der Waals surface area contributed by atoms with Gasteiger partial charge >= 0.3 is 0 Å². The van der Waals surface area contributed by atoms with Crippen LogP contribution in [-0.4, -0.2) is 11.2 Å². The summed E-state index contributed by atoms with van der Waals surface area (Å²) in [4.78, 5) is 0. The van der Waals surface area contributed by atoms with Gasteiger partial charge in [-0.1, -0.05) is 5.57 Å². The van der Waals surface area contributed by atoms with Crippen molar-refractivity contribution in [3.63, 3.8) is 0 Å². The minimum Gasteiger partial charge on any atom is -0.393 e. The Labute approximate surface area is 74.5 Å². The van der Waals surface area contributed by atoms with E-state index in [0.29, 0.717) is 11.8 Å². The highest BCUT2D eigenvalue weighted by Gasteiger charge is 2.46. The second-order valence-corrected chi connectivity index (χ2v) is 4.65. The maximum atomic E-state index is 9.89. The van der Waals surface area contributed by atoms with Gasteiger partial charge in [0.05, 0.1) is 6.10 Å². The van der Waals surface area contributed by atoms with Gasteiger partial charge in [0, 0.05) is 0 Å². The Morgan fingerprint density at radius 2 is 2.08 bits per heavy atom. The van der Waals surface area contributed by atoms with Crippen LogP contribution in [0.25, 0.3) is 0 Å². The highest BCUT2D eigenvalue weighted by atomic mass is 16.3. The molecule has 12 heavy (non-hydrogen) atoms. The monoisotopic (exact) mass is 166 g/mol. The van der Waals surface area contributed by atoms with E-state index in [1.54, 1.807) is 0 Å². The topological polar surface area (TPSA) is 20.2 Å². The quantitative estimate of drug-likeness (QED) is 0.624. The second kappa shape index (κ2) is 2.88. The van der Waals surface area contributed by atoms with Crippen LogP contribution >= 0.6 is 0 Å². The summed E-state index contributed by atoms with van der Waals surface area (Å²) in [6, 6.07) is 0.